The molecule has 132 valence electrons. The molecule has 3 aromatic heterocycles. The van der Waals surface area contributed by atoms with Gasteiger partial charge in [0.05, 0.1) is 17.6 Å². The Kier molecular flexibility index (Phi) is 4.04. The summed E-state index contributed by atoms with van der Waals surface area (Å²) in [4.78, 5) is 11.3. The summed E-state index contributed by atoms with van der Waals surface area (Å²) in [7, 11) is 1.84. The summed E-state index contributed by atoms with van der Waals surface area (Å²) in [5, 5.41) is 8.29. The normalized spacial score (nSPS) is 16.6. The summed E-state index contributed by atoms with van der Waals surface area (Å²) in [5.41, 5.74) is 6.76. The van der Waals surface area contributed by atoms with E-state index in [1.807, 2.05) is 20.0 Å². The van der Waals surface area contributed by atoms with Crippen LogP contribution in [0.15, 0.2) is 22.7 Å². The van der Waals surface area contributed by atoms with Crippen molar-refractivity contribution in [2.45, 2.75) is 25.8 Å². The molecule has 3 aromatic rings. The number of nitrogens with two attached hydrogens (primary N) is 1. The highest BCUT2D eigenvalue weighted by atomic mass is 16.3. The molecule has 0 amide bonds. The van der Waals surface area contributed by atoms with Crippen molar-refractivity contribution in [1.29, 1.82) is 0 Å². The van der Waals surface area contributed by atoms with Gasteiger partial charge in [0.15, 0.2) is 5.65 Å². The zero-order valence-electron chi connectivity index (χ0n) is 14.6. The molecule has 4 heterocycles. The Morgan fingerprint density at radius 2 is 2.08 bits per heavy atom. The summed E-state index contributed by atoms with van der Waals surface area (Å²) >= 11 is 0. The first kappa shape index (κ1) is 15.9. The zero-order valence-corrected chi connectivity index (χ0v) is 14.6. The van der Waals surface area contributed by atoms with E-state index in [1.54, 1.807) is 10.9 Å². The van der Waals surface area contributed by atoms with Crippen molar-refractivity contribution < 1.29 is 4.42 Å². The molecule has 4 rings (SSSR count). The van der Waals surface area contributed by atoms with Crippen molar-refractivity contribution in [3.05, 3.63) is 29.9 Å². The maximum absolute atomic E-state index is 6.04. The first-order valence-electron chi connectivity index (χ1n) is 8.61. The molecule has 0 spiro atoms. The van der Waals surface area contributed by atoms with Crippen LogP contribution in [0.5, 0.6) is 0 Å². The first-order chi connectivity index (χ1) is 12.1. The maximum atomic E-state index is 6.04. The number of nitrogen functional groups attached to an aromatic ring is 1. The van der Waals surface area contributed by atoms with Crippen molar-refractivity contribution in [3.63, 3.8) is 0 Å². The van der Waals surface area contributed by atoms with E-state index in [0.29, 0.717) is 18.3 Å². The minimum absolute atomic E-state index is 0.156. The van der Waals surface area contributed by atoms with Crippen molar-refractivity contribution in [2.24, 2.45) is 7.05 Å². The fourth-order valence-corrected chi connectivity index (χ4v) is 3.41. The van der Waals surface area contributed by atoms with Crippen LogP contribution in [0.2, 0.25) is 0 Å². The van der Waals surface area contributed by atoms with Crippen LogP contribution >= 0.6 is 0 Å². The highest BCUT2D eigenvalue weighted by molar-refractivity contribution is 5.86. The van der Waals surface area contributed by atoms with Crippen LogP contribution < -0.4 is 11.1 Å². The second-order valence-corrected chi connectivity index (χ2v) is 6.53. The van der Waals surface area contributed by atoms with Crippen LogP contribution in [-0.4, -0.2) is 44.3 Å². The fourth-order valence-electron chi connectivity index (χ4n) is 3.41. The van der Waals surface area contributed by atoms with E-state index in [9.17, 15) is 0 Å². The molecule has 0 saturated carbocycles. The van der Waals surface area contributed by atoms with Crippen molar-refractivity contribution in [3.8, 4) is 0 Å². The summed E-state index contributed by atoms with van der Waals surface area (Å²) in [6.45, 7) is 4.79. The number of aryl methyl sites for hydroxylation is 2. The third kappa shape index (κ3) is 3.05. The minimum atomic E-state index is 0.156. The molecule has 25 heavy (non-hydrogen) atoms. The Morgan fingerprint density at radius 3 is 2.80 bits per heavy atom. The van der Waals surface area contributed by atoms with E-state index in [1.165, 1.54) is 12.8 Å². The lowest BCUT2D eigenvalue weighted by Gasteiger charge is -2.26. The Balaban J connectivity index is 1.57. The number of likely N-dealkylation sites (tertiary alicyclic amines) is 1. The molecule has 1 atom stereocenters. The van der Waals surface area contributed by atoms with Crippen LogP contribution in [0.25, 0.3) is 11.0 Å². The van der Waals surface area contributed by atoms with Gasteiger partial charge in [-0.25, -0.2) is 0 Å². The fraction of sp³-hybridized carbons (Fsp3) is 0.471. The Bertz CT molecular complexity index is 878. The number of fused-ring (bicyclic) bond motifs is 1. The summed E-state index contributed by atoms with van der Waals surface area (Å²) in [6.07, 6.45) is 4.13. The lowest BCUT2D eigenvalue weighted by Crippen LogP contribution is -2.31. The van der Waals surface area contributed by atoms with Gasteiger partial charge in [0.25, 0.3) is 0 Å². The van der Waals surface area contributed by atoms with Gasteiger partial charge in [-0.15, -0.1) is 0 Å². The molecule has 1 aliphatic heterocycles. The van der Waals surface area contributed by atoms with Gasteiger partial charge in [0, 0.05) is 13.6 Å². The Hall–Kier alpha value is -2.61. The predicted molar refractivity (Wildman–Crippen MR) is 96.2 cm³/mol. The summed E-state index contributed by atoms with van der Waals surface area (Å²) < 4.78 is 7.59. The molecule has 0 aromatic carbocycles. The second kappa shape index (κ2) is 6.36. The van der Waals surface area contributed by atoms with Gasteiger partial charge in [-0.3, -0.25) is 9.58 Å². The van der Waals surface area contributed by atoms with E-state index in [0.717, 1.165) is 35.6 Å². The lowest BCUT2D eigenvalue weighted by molar-refractivity contribution is 0.223. The van der Waals surface area contributed by atoms with Crippen LogP contribution in [0.1, 0.15) is 30.4 Å². The Morgan fingerprint density at radius 1 is 1.28 bits per heavy atom. The molecule has 1 aliphatic rings. The summed E-state index contributed by atoms with van der Waals surface area (Å²) in [5.74, 6) is 2.85. The van der Waals surface area contributed by atoms with E-state index in [-0.39, 0.29) is 6.04 Å². The van der Waals surface area contributed by atoms with Gasteiger partial charge in [-0.2, -0.15) is 15.1 Å². The number of anilines is 2. The number of furan rings is 1. The van der Waals surface area contributed by atoms with Crippen molar-refractivity contribution >= 4 is 22.8 Å². The quantitative estimate of drug-likeness (QED) is 0.733. The van der Waals surface area contributed by atoms with Crippen LogP contribution in [0.3, 0.4) is 0 Å². The largest absolute Gasteiger partial charge is 0.465 e. The first-order valence-corrected chi connectivity index (χ1v) is 8.61. The SMILES string of the molecule is Cc1ccc([C@H](CNc2nc(N)c3cnn(C)c3n2)N2CCCC2)o1. The summed E-state index contributed by atoms with van der Waals surface area (Å²) in [6, 6.07) is 4.22. The predicted octanol–water partition coefficient (Wildman–Crippen LogP) is 2.10. The highest BCUT2D eigenvalue weighted by Gasteiger charge is 2.26. The van der Waals surface area contributed by atoms with Gasteiger partial charge in [0.1, 0.15) is 17.3 Å². The number of hydrogen-bond acceptors (Lipinski definition) is 7. The van der Waals surface area contributed by atoms with Gasteiger partial charge >= 0.3 is 0 Å². The molecule has 8 heteroatoms. The smallest absolute Gasteiger partial charge is 0.226 e. The third-order valence-electron chi connectivity index (χ3n) is 4.75. The molecule has 3 N–H and O–H groups in total. The average molecular weight is 341 g/mol. The molecular weight excluding hydrogens is 318 g/mol. The molecular formula is C17H23N7O. The number of rotatable bonds is 5. The Labute approximate surface area is 146 Å². The number of nitrogens with one attached hydrogen (secondary N) is 1. The van der Waals surface area contributed by atoms with Crippen molar-refractivity contribution in [2.75, 3.05) is 30.7 Å². The molecule has 1 saturated heterocycles. The number of aromatic nitrogens is 4. The maximum Gasteiger partial charge on any atom is 0.226 e. The standard InChI is InChI=1S/C17H23N7O/c1-11-5-6-14(25-11)13(24-7-3-4-8-24)10-19-17-21-15(18)12-9-20-23(2)16(12)22-17/h5-6,9,13H,3-4,7-8,10H2,1-2H3,(H3,18,19,21,22)/t13-/m0/s1. The monoisotopic (exact) mass is 341 g/mol. The minimum Gasteiger partial charge on any atom is -0.465 e. The van der Waals surface area contributed by atoms with Crippen LogP contribution in [-0.2, 0) is 7.05 Å². The molecule has 1 fully saturated rings. The average Bonchev–Trinajstić information content (AvgIpc) is 3.31. The molecule has 0 bridgehead atoms. The van der Waals surface area contributed by atoms with Crippen LogP contribution in [0.4, 0.5) is 11.8 Å². The van der Waals surface area contributed by atoms with Crippen molar-refractivity contribution in [1.82, 2.24) is 24.6 Å². The molecule has 0 aliphatic carbocycles. The number of nitrogens with zero attached hydrogens (tertiary/aromatic N) is 5. The second-order valence-electron chi connectivity index (χ2n) is 6.53. The molecule has 8 nitrogen and oxygen atoms in total. The topological polar surface area (TPSA) is 98.0 Å². The van der Waals surface area contributed by atoms with E-state index in [4.69, 9.17) is 10.2 Å². The van der Waals surface area contributed by atoms with Gasteiger partial charge in [-0.05, 0) is 45.0 Å². The lowest BCUT2D eigenvalue weighted by atomic mass is 10.2. The third-order valence-corrected chi connectivity index (χ3v) is 4.75. The highest BCUT2D eigenvalue weighted by Crippen LogP contribution is 2.27. The van der Waals surface area contributed by atoms with Gasteiger partial charge in [0.2, 0.25) is 5.95 Å². The van der Waals surface area contributed by atoms with Gasteiger partial charge in [-0.1, -0.05) is 0 Å². The number of hydrogen-bond donors (Lipinski definition) is 2. The van der Waals surface area contributed by atoms with E-state index < -0.39 is 0 Å². The molecule has 0 radical (unpaired) electrons. The van der Waals surface area contributed by atoms with Gasteiger partial charge < -0.3 is 15.5 Å². The molecule has 0 unspecified atom stereocenters. The van der Waals surface area contributed by atoms with E-state index in [2.05, 4.69) is 31.3 Å². The zero-order chi connectivity index (χ0) is 17.4. The van der Waals surface area contributed by atoms with E-state index >= 15 is 0 Å². The van der Waals surface area contributed by atoms with Crippen LogP contribution in [0, 0.1) is 6.92 Å².